The number of rotatable bonds is 6. The minimum absolute atomic E-state index is 0.0650. The largest absolute Gasteiger partial charge is 0.480 e. The summed E-state index contributed by atoms with van der Waals surface area (Å²) in [5.74, 6) is -3.32. The lowest BCUT2D eigenvalue weighted by molar-refractivity contribution is -0.140. The smallest absolute Gasteiger partial charge is 0.417 e. The highest BCUT2D eigenvalue weighted by Gasteiger charge is 2.41. The van der Waals surface area contributed by atoms with Gasteiger partial charge in [-0.05, 0) is 23.3 Å². The summed E-state index contributed by atoms with van der Waals surface area (Å²) in [5.41, 5.74) is 5.60. The van der Waals surface area contributed by atoms with Gasteiger partial charge in [0.05, 0.1) is 5.56 Å². The van der Waals surface area contributed by atoms with E-state index in [4.69, 9.17) is 10.5 Å². The molecule has 3 N–H and O–H groups in total. The maximum Gasteiger partial charge on any atom is 0.417 e. The number of aliphatic carboxylic acids is 1. The van der Waals surface area contributed by atoms with Crippen molar-refractivity contribution in [3.8, 4) is 0 Å². The number of halogens is 3. The van der Waals surface area contributed by atoms with Gasteiger partial charge in [0, 0.05) is 12.3 Å². The summed E-state index contributed by atoms with van der Waals surface area (Å²) in [7, 11) is 0. The van der Waals surface area contributed by atoms with Crippen LogP contribution in [0.1, 0.15) is 35.1 Å². The molecular formula is C21H19F3N2O5. The first kappa shape index (κ1) is 22.3. The monoisotopic (exact) mass is 436 g/mol. The van der Waals surface area contributed by atoms with Crippen LogP contribution in [0.4, 0.5) is 18.0 Å². The number of hydrogen-bond acceptors (Lipinski definition) is 5. The average molecular weight is 436 g/mol. The number of carboxylic acid groups (broad SMARTS) is 1. The van der Waals surface area contributed by atoms with Crippen LogP contribution in [0, 0.1) is 0 Å². The van der Waals surface area contributed by atoms with Crippen molar-refractivity contribution in [2.45, 2.75) is 30.6 Å². The summed E-state index contributed by atoms with van der Waals surface area (Å²) in [4.78, 5) is 37.5. The summed E-state index contributed by atoms with van der Waals surface area (Å²) in [5, 5.41) is 9.34. The highest BCUT2D eigenvalue weighted by molar-refractivity contribution is 5.94. The van der Waals surface area contributed by atoms with Crippen LogP contribution in [0.5, 0.6) is 0 Å². The van der Waals surface area contributed by atoms with Gasteiger partial charge in [0.1, 0.15) is 18.7 Å². The zero-order valence-corrected chi connectivity index (χ0v) is 16.1. The van der Waals surface area contributed by atoms with Gasteiger partial charge in [0.15, 0.2) is 0 Å². The zero-order valence-electron chi connectivity index (χ0n) is 16.1. The van der Waals surface area contributed by atoms with Gasteiger partial charge in [-0.1, -0.05) is 42.5 Å². The SMILES string of the molecule is N[C@@H](C(=O)O)[C@@H](CC(=O)N1C(=O)OC[C@H]1c1ccccc1)c1ccc(C(F)(F)F)cc1. The van der Waals surface area contributed by atoms with Gasteiger partial charge < -0.3 is 15.6 Å². The summed E-state index contributed by atoms with van der Waals surface area (Å²) < 4.78 is 43.5. The van der Waals surface area contributed by atoms with Crippen molar-refractivity contribution >= 4 is 18.0 Å². The Hall–Kier alpha value is -3.40. The van der Waals surface area contributed by atoms with E-state index in [1.165, 1.54) is 0 Å². The molecule has 10 heteroatoms. The van der Waals surface area contributed by atoms with E-state index in [2.05, 4.69) is 0 Å². The van der Waals surface area contributed by atoms with Crippen LogP contribution in [-0.4, -0.2) is 40.6 Å². The molecule has 0 unspecified atom stereocenters. The molecule has 3 atom stereocenters. The first-order valence-corrected chi connectivity index (χ1v) is 9.29. The molecule has 0 aromatic heterocycles. The summed E-state index contributed by atoms with van der Waals surface area (Å²) >= 11 is 0. The number of ether oxygens (including phenoxy) is 1. The van der Waals surface area contributed by atoms with E-state index < -0.39 is 54.1 Å². The van der Waals surface area contributed by atoms with Crippen molar-refractivity contribution in [3.63, 3.8) is 0 Å². The molecule has 1 fully saturated rings. The second-order valence-electron chi connectivity index (χ2n) is 7.06. The molecule has 0 spiro atoms. The number of nitrogens with two attached hydrogens (primary N) is 1. The van der Waals surface area contributed by atoms with E-state index in [1.807, 2.05) is 0 Å². The molecule has 0 bridgehead atoms. The molecule has 1 aliphatic heterocycles. The lowest BCUT2D eigenvalue weighted by atomic mass is 9.87. The van der Waals surface area contributed by atoms with Gasteiger partial charge in [-0.25, -0.2) is 9.69 Å². The summed E-state index contributed by atoms with van der Waals surface area (Å²) in [6.07, 6.45) is -5.95. The molecule has 1 heterocycles. The van der Waals surface area contributed by atoms with Crippen molar-refractivity contribution in [1.29, 1.82) is 0 Å². The van der Waals surface area contributed by atoms with E-state index >= 15 is 0 Å². The molecular weight excluding hydrogens is 417 g/mol. The van der Waals surface area contributed by atoms with Crippen molar-refractivity contribution in [2.24, 2.45) is 5.73 Å². The normalized spacial score (nSPS) is 18.4. The van der Waals surface area contributed by atoms with E-state index in [9.17, 15) is 32.7 Å². The van der Waals surface area contributed by atoms with E-state index in [-0.39, 0.29) is 12.2 Å². The third kappa shape index (κ3) is 4.85. The third-order valence-electron chi connectivity index (χ3n) is 5.11. The van der Waals surface area contributed by atoms with Crippen LogP contribution >= 0.6 is 0 Å². The summed E-state index contributed by atoms with van der Waals surface area (Å²) in [6, 6.07) is 10.1. The lowest BCUT2D eigenvalue weighted by Gasteiger charge is -2.25. The minimum Gasteiger partial charge on any atom is -0.480 e. The minimum atomic E-state index is -4.57. The number of carbonyl (C=O) groups is 3. The first-order chi connectivity index (χ1) is 14.6. The molecule has 2 aromatic carbocycles. The van der Waals surface area contributed by atoms with Crippen LogP contribution < -0.4 is 5.73 Å². The Balaban J connectivity index is 1.88. The fraction of sp³-hybridized carbons (Fsp3) is 0.286. The van der Waals surface area contributed by atoms with Crippen molar-refractivity contribution in [1.82, 2.24) is 4.90 Å². The average Bonchev–Trinajstić information content (AvgIpc) is 3.13. The molecule has 1 saturated heterocycles. The third-order valence-corrected chi connectivity index (χ3v) is 5.11. The Morgan fingerprint density at radius 3 is 2.29 bits per heavy atom. The molecule has 0 radical (unpaired) electrons. The topological polar surface area (TPSA) is 110 Å². The van der Waals surface area contributed by atoms with E-state index in [0.717, 1.165) is 29.2 Å². The lowest BCUT2D eigenvalue weighted by Crippen LogP contribution is -2.41. The van der Waals surface area contributed by atoms with Crippen molar-refractivity contribution in [2.75, 3.05) is 6.61 Å². The number of benzene rings is 2. The quantitative estimate of drug-likeness (QED) is 0.719. The standard InChI is InChI=1S/C21H19F3N2O5/c22-21(23,24)14-8-6-12(7-9-14)15(18(25)19(28)29)10-17(27)26-16(11-31-20(26)30)13-4-2-1-3-5-13/h1-9,15-16,18H,10-11,25H2,(H,28,29)/t15-,16-,18+/m0/s1. The molecule has 3 rings (SSSR count). The predicted octanol–water partition coefficient (Wildman–Crippen LogP) is 3.31. The fourth-order valence-corrected chi connectivity index (χ4v) is 3.45. The maximum absolute atomic E-state index is 13.0. The van der Waals surface area contributed by atoms with E-state index in [0.29, 0.717) is 5.56 Å². The number of amides is 2. The Morgan fingerprint density at radius 1 is 1.13 bits per heavy atom. The van der Waals surface area contributed by atoms with Crippen molar-refractivity contribution in [3.05, 3.63) is 71.3 Å². The Morgan fingerprint density at radius 2 is 1.74 bits per heavy atom. The van der Waals surface area contributed by atoms with Gasteiger partial charge >= 0.3 is 18.2 Å². The van der Waals surface area contributed by atoms with Gasteiger partial charge in [0.2, 0.25) is 5.91 Å². The molecule has 7 nitrogen and oxygen atoms in total. The number of alkyl halides is 3. The second-order valence-corrected chi connectivity index (χ2v) is 7.06. The Labute approximate surface area is 175 Å². The number of hydrogen-bond donors (Lipinski definition) is 2. The number of carbonyl (C=O) groups excluding carboxylic acids is 2. The van der Waals surface area contributed by atoms with Gasteiger partial charge in [-0.2, -0.15) is 13.2 Å². The fourth-order valence-electron chi connectivity index (χ4n) is 3.45. The zero-order chi connectivity index (χ0) is 22.8. The predicted molar refractivity (Wildman–Crippen MR) is 102 cm³/mol. The number of carboxylic acids is 1. The Bertz CT molecular complexity index is 963. The molecule has 164 valence electrons. The van der Waals surface area contributed by atoms with E-state index in [1.54, 1.807) is 30.3 Å². The summed E-state index contributed by atoms with van der Waals surface area (Å²) in [6.45, 7) is -0.0650. The van der Waals surface area contributed by atoms with Gasteiger partial charge in [-0.3, -0.25) is 9.59 Å². The number of imide groups is 1. The molecule has 0 aliphatic carbocycles. The first-order valence-electron chi connectivity index (χ1n) is 9.29. The highest BCUT2D eigenvalue weighted by atomic mass is 19.4. The maximum atomic E-state index is 13.0. The van der Waals surface area contributed by atoms with Crippen LogP contribution in [0.25, 0.3) is 0 Å². The van der Waals surface area contributed by atoms with Gasteiger partial charge in [-0.15, -0.1) is 0 Å². The number of nitrogens with zero attached hydrogens (tertiary/aromatic N) is 1. The number of cyclic esters (lactones) is 1. The highest BCUT2D eigenvalue weighted by Crippen LogP contribution is 2.34. The molecule has 2 amide bonds. The molecule has 0 saturated carbocycles. The molecule has 2 aromatic rings. The molecule has 1 aliphatic rings. The van der Waals surface area contributed by atoms with Crippen LogP contribution in [0.2, 0.25) is 0 Å². The van der Waals surface area contributed by atoms with Crippen LogP contribution in [-0.2, 0) is 20.5 Å². The Kier molecular flexibility index (Phi) is 6.30. The van der Waals surface area contributed by atoms with Crippen LogP contribution in [0.3, 0.4) is 0 Å². The van der Waals surface area contributed by atoms with Gasteiger partial charge in [0.25, 0.3) is 0 Å². The second kappa shape index (κ2) is 8.76. The van der Waals surface area contributed by atoms with Crippen molar-refractivity contribution < 1.29 is 37.4 Å². The van der Waals surface area contributed by atoms with Crippen LogP contribution in [0.15, 0.2) is 54.6 Å². The molecule has 31 heavy (non-hydrogen) atoms.